The second kappa shape index (κ2) is 4.64. The zero-order chi connectivity index (χ0) is 9.80. The predicted molar refractivity (Wildman–Crippen MR) is 53.1 cm³/mol. The van der Waals surface area contributed by atoms with Crippen LogP contribution < -0.4 is 10.6 Å². The molecule has 0 unspecified atom stereocenters. The average Bonchev–Trinajstić information content (AvgIpc) is 2.13. The van der Waals surface area contributed by atoms with Crippen molar-refractivity contribution in [3.63, 3.8) is 0 Å². The van der Waals surface area contributed by atoms with Crippen LogP contribution in [0.1, 0.15) is 32.1 Å². The second-order valence-electron chi connectivity index (χ2n) is 4.13. The van der Waals surface area contributed by atoms with Crippen molar-refractivity contribution < 1.29 is 9.53 Å². The Labute approximate surface area is 84.4 Å². The minimum Gasteiger partial charge on any atom is -0.381 e. The molecule has 4 heteroatoms. The first-order chi connectivity index (χ1) is 6.84. The summed E-state index contributed by atoms with van der Waals surface area (Å²) in [6.07, 6.45) is 5.42. The molecule has 0 spiro atoms. The molecule has 0 bridgehead atoms. The fraction of sp³-hybridized carbons (Fsp3) is 0.900. The highest BCUT2D eigenvalue weighted by molar-refractivity contribution is 5.74. The molecular weight excluding hydrogens is 180 g/mol. The van der Waals surface area contributed by atoms with Crippen LogP contribution in [0.2, 0.25) is 0 Å². The number of ether oxygens (including phenoxy) is 1. The van der Waals surface area contributed by atoms with E-state index in [1.807, 2.05) is 0 Å². The third-order valence-corrected chi connectivity index (χ3v) is 3.00. The van der Waals surface area contributed by atoms with E-state index >= 15 is 0 Å². The van der Waals surface area contributed by atoms with E-state index in [0.717, 1.165) is 38.9 Å². The Bertz CT molecular complexity index is 198. The number of carbonyl (C=O) groups is 1. The number of hydrogen-bond acceptors (Lipinski definition) is 2. The lowest BCUT2D eigenvalue weighted by molar-refractivity contribution is 0.0798. The monoisotopic (exact) mass is 198 g/mol. The summed E-state index contributed by atoms with van der Waals surface area (Å²) in [4.78, 5) is 11.5. The molecule has 2 aliphatic rings. The van der Waals surface area contributed by atoms with E-state index in [4.69, 9.17) is 4.74 Å². The summed E-state index contributed by atoms with van der Waals surface area (Å²) in [5.41, 5.74) is 0. The van der Waals surface area contributed by atoms with Gasteiger partial charge in [0.1, 0.15) is 0 Å². The lowest BCUT2D eigenvalue weighted by atomic mass is 9.93. The molecule has 4 nitrogen and oxygen atoms in total. The van der Waals surface area contributed by atoms with Crippen molar-refractivity contribution in [3.8, 4) is 0 Å². The molecule has 2 amide bonds. The van der Waals surface area contributed by atoms with Gasteiger partial charge in [-0.1, -0.05) is 0 Å². The van der Waals surface area contributed by atoms with Crippen molar-refractivity contribution in [2.75, 3.05) is 13.2 Å². The summed E-state index contributed by atoms with van der Waals surface area (Å²) in [6.45, 7) is 1.54. The van der Waals surface area contributed by atoms with Gasteiger partial charge in [-0.25, -0.2) is 4.79 Å². The van der Waals surface area contributed by atoms with Crippen molar-refractivity contribution in [2.24, 2.45) is 0 Å². The van der Waals surface area contributed by atoms with Gasteiger partial charge in [0, 0.05) is 25.3 Å². The van der Waals surface area contributed by atoms with Gasteiger partial charge in [0.25, 0.3) is 0 Å². The van der Waals surface area contributed by atoms with Crippen LogP contribution in [-0.2, 0) is 4.74 Å². The molecule has 0 aromatic carbocycles. The van der Waals surface area contributed by atoms with Crippen molar-refractivity contribution in [2.45, 2.75) is 44.2 Å². The summed E-state index contributed by atoms with van der Waals surface area (Å²) in [7, 11) is 0. The van der Waals surface area contributed by atoms with E-state index in [0.29, 0.717) is 12.1 Å². The zero-order valence-electron chi connectivity index (χ0n) is 8.42. The molecule has 0 radical (unpaired) electrons. The number of amides is 2. The van der Waals surface area contributed by atoms with Crippen LogP contribution >= 0.6 is 0 Å². The minimum atomic E-state index is 0.00148. The summed E-state index contributed by atoms with van der Waals surface area (Å²) >= 11 is 0. The molecule has 0 aromatic heterocycles. The maximum Gasteiger partial charge on any atom is 0.315 e. The smallest absolute Gasteiger partial charge is 0.315 e. The van der Waals surface area contributed by atoms with Crippen molar-refractivity contribution >= 4 is 6.03 Å². The third kappa shape index (κ3) is 2.61. The largest absolute Gasteiger partial charge is 0.381 e. The molecule has 80 valence electrons. The number of hydrogen-bond donors (Lipinski definition) is 2. The van der Waals surface area contributed by atoms with Gasteiger partial charge in [-0.3, -0.25) is 0 Å². The quantitative estimate of drug-likeness (QED) is 0.696. The van der Waals surface area contributed by atoms with Gasteiger partial charge < -0.3 is 15.4 Å². The SMILES string of the molecule is O=C(NC1CCC1)NC1CCOCC1. The third-order valence-electron chi connectivity index (χ3n) is 3.00. The van der Waals surface area contributed by atoms with Crippen LogP contribution in [0.5, 0.6) is 0 Å². The topological polar surface area (TPSA) is 50.4 Å². The molecule has 1 saturated carbocycles. The van der Waals surface area contributed by atoms with Crippen molar-refractivity contribution in [1.82, 2.24) is 10.6 Å². The van der Waals surface area contributed by atoms with Gasteiger partial charge in [-0.05, 0) is 32.1 Å². The van der Waals surface area contributed by atoms with Crippen LogP contribution in [0.4, 0.5) is 4.79 Å². The molecule has 1 heterocycles. The van der Waals surface area contributed by atoms with E-state index in [1.54, 1.807) is 0 Å². The maximum atomic E-state index is 11.5. The Morgan fingerprint density at radius 2 is 1.57 bits per heavy atom. The molecule has 1 aliphatic heterocycles. The standard InChI is InChI=1S/C10H18N2O2/c13-10(11-8-2-1-3-8)12-9-4-6-14-7-5-9/h8-9H,1-7H2,(H2,11,12,13). The van der Waals surface area contributed by atoms with E-state index < -0.39 is 0 Å². The molecule has 1 saturated heterocycles. The van der Waals surface area contributed by atoms with Gasteiger partial charge >= 0.3 is 6.03 Å². The Morgan fingerprint density at radius 3 is 2.07 bits per heavy atom. The van der Waals surface area contributed by atoms with Crippen LogP contribution in [0.3, 0.4) is 0 Å². The second-order valence-corrected chi connectivity index (χ2v) is 4.13. The molecule has 14 heavy (non-hydrogen) atoms. The van der Waals surface area contributed by atoms with Gasteiger partial charge in [-0.15, -0.1) is 0 Å². The minimum absolute atomic E-state index is 0.00148. The van der Waals surface area contributed by atoms with E-state index in [2.05, 4.69) is 10.6 Å². The number of nitrogens with one attached hydrogen (secondary N) is 2. The first-order valence-corrected chi connectivity index (χ1v) is 5.49. The average molecular weight is 198 g/mol. The Morgan fingerprint density at radius 1 is 1.00 bits per heavy atom. The van der Waals surface area contributed by atoms with E-state index in [1.165, 1.54) is 6.42 Å². The number of urea groups is 1. The fourth-order valence-electron chi connectivity index (χ4n) is 1.81. The first-order valence-electron chi connectivity index (χ1n) is 5.49. The summed E-state index contributed by atoms with van der Waals surface area (Å²) in [6, 6.07) is 0.736. The molecule has 2 fully saturated rings. The summed E-state index contributed by atoms with van der Waals surface area (Å²) in [5.74, 6) is 0. The molecule has 0 aromatic rings. The molecular formula is C10H18N2O2. The zero-order valence-corrected chi connectivity index (χ0v) is 8.42. The van der Waals surface area contributed by atoms with Crippen LogP contribution in [0.25, 0.3) is 0 Å². The maximum absolute atomic E-state index is 11.5. The summed E-state index contributed by atoms with van der Waals surface area (Å²) < 4.78 is 5.22. The van der Waals surface area contributed by atoms with Gasteiger partial charge in [-0.2, -0.15) is 0 Å². The Hall–Kier alpha value is -0.770. The number of carbonyl (C=O) groups excluding carboxylic acids is 1. The highest BCUT2D eigenvalue weighted by Gasteiger charge is 2.21. The van der Waals surface area contributed by atoms with Gasteiger partial charge in [0.15, 0.2) is 0 Å². The predicted octanol–water partition coefficient (Wildman–Crippen LogP) is 1.02. The van der Waals surface area contributed by atoms with Crippen molar-refractivity contribution in [1.29, 1.82) is 0 Å². The van der Waals surface area contributed by atoms with E-state index in [-0.39, 0.29) is 6.03 Å². The van der Waals surface area contributed by atoms with Gasteiger partial charge in [0.2, 0.25) is 0 Å². The van der Waals surface area contributed by atoms with Crippen LogP contribution in [-0.4, -0.2) is 31.3 Å². The highest BCUT2D eigenvalue weighted by Crippen LogP contribution is 2.17. The number of rotatable bonds is 2. The Kier molecular flexibility index (Phi) is 3.24. The van der Waals surface area contributed by atoms with Crippen LogP contribution in [0, 0.1) is 0 Å². The first kappa shape index (κ1) is 9.77. The highest BCUT2D eigenvalue weighted by atomic mass is 16.5. The molecule has 0 atom stereocenters. The normalized spacial score (nSPS) is 24.0. The molecule has 2 rings (SSSR count). The lowest BCUT2D eigenvalue weighted by Crippen LogP contribution is -2.49. The van der Waals surface area contributed by atoms with Crippen molar-refractivity contribution in [3.05, 3.63) is 0 Å². The van der Waals surface area contributed by atoms with Gasteiger partial charge in [0.05, 0.1) is 0 Å². The molecule has 1 aliphatic carbocycles. The summed E-state index contributed by atoms with van der Waals surface area (Å²) in [5, 5.41) is 5.96. The molecule has 2 N–H and O–H groups in total. The van der Waals surface area contributed by atoms with E-state index in [9.17, 15) is 4.79 Å². The Balaban J connectivity index is 1.64. The fourth-order valence-corrected chi connectivity index (χ4v) is 1.81. The van der Waals surface area contributed by atoms with Crippen LogP contribution in [0.15, 0.2) is 0 Å². The lowest BCUT2D eigenvalue weighted by Gasteiger charge is -2.29.